The lowest BCUT2D eigenvalue weighted by molar-refractivity contribution is -0.115. The van der Waals surface area contributed by atoms with Crippen molar-refractivity contribution in [3.8, 4) is 11.5 Å². The monoisotopic (exact) mass is 392 g/mol. The molecule has 0 bridgehead atoms. The Morgan fingerprint density at radius 2 is 1.70 bits per heavy atom. The molecule has 0 fully saturated rings. The van der Waals surface area contributed by atoms with E-state index in [4.69, 9.17) is 9.47 Å². The molecule has 0 aliphatic carbocycles. The summed E-state index contributed by atoms with van der Waals surface area (Å²) in [6, 6.07) is 10.5. The van der Waals surface area contributed by atoms with E-state index < -0.39 is 21.7 Å². The Kier molecular flexibility index (Phi) is 6.40. The van der Waals surface area contributed by atoms with Crippen LogP contribution in [-0.4, -0.2) is 47.3 Å². The summed E-state index contributed by atoms with van der Waals surface area (Å²) in [6.07, 6.45) is 1.08. The summed E-state index contributed by atoms with van der Waals surface area (Å²) in [7, 11) is -0.436. The molecule has 0 saturated carbocycles. The van der Waals surface area contributed by atoms with Crippen molar-refractivity contribution in [2.75, 3.05) is 32.3 Å². The van der Waals surface area contributed by atoms with Gasteiger partial charge in [-0.25, -0.2) is 8.42 Å². The van der Waals surface area contributed by atoms with Crippen LogP contribution < -0.4 is 20.1 Å². The summed E-state index contributed by atoms with van der Waals surface area (Å²) in [6.45, 7) is -0.281. The summed E-state index contributed by atoms with van der Waals surface area (Å²) in [5, 5.41) is 5.03. The molecule has 0 aliphatic rings. The van der Waals surface area contributed by atoms with Crippen molar-refractivity contribution < 1.29 is 27.5 Å². The van der Waals surface area contributed by atoms with E-state index in [1.807, 2.05) is 0 Å². The summed E-state index contributed by atoms with van der Waals surface area (Å²) >= 11 is 0. The van der Waals surface area contributed by atoms with E-state index in [-0.39, 0.29) is 11.4 Å². The molecule has 0 radical (unpaired) electrons. The highest BCUT2D eigenvalue weighted by molar-refractivity contribution is 7.90. The summed E-state index contributed by atoms with van der Waals surface area (Å²) in [5.41, 5.74) is 0.628. The van der Waals surface area contributed by atoms with Crippen LogP contribution in [0.3, 0.4) is 0 Å². The highest BCUT2D eigenvalue weighted by atomic mass is 32.2. The zero-order chi connectivity index (χ0) is 20.0. The van der Waals surface area contributed by atoms with Gasteiger partial charge in [-0.3, -0.25) is 9.59 Å². The molecular weight excluding hydrogens is 372 g/mol. The maximum atomic E-state index is 12.2. The third-order valence-electron chi connectivity index (χ3n) is 3.60. The lowest BCUT2D eigenvalue weighted by Crippen LogP contribution is -2.32. The Hall–Kier alpha value is -3.07. The van der Waals surface area contributed by atoms with Crippen molar-refractivity contribution >= 4 is 27.3 Å². The largest absolute Gasteiger partial charge is 0.493 e. The van der Waals surface area contributed by atoms with Crippen molar-refractivity contribution in [3.05, 3.63) is 48.0 Å². The Balaban J connectivity index is 1.98. The number of amides is 2. The van der Waals surface area contributed by atoms with Crippen LogP contribution in [0, 0.1) is 0 Å². The van der Waals surface area contributed by atoms with Crippen LogP contribution in [0.2, 0.25) is 0 Å². The van der Waals surface area contributed by atoms with Crippen LogP contribution in [0.1, 0.15) is 10.4 Å². The summed E-state index contributed by atoms with van der Waals surface area (Å²) < 4.78 is 33.3. The molecule has 2 amide bonds. The topological polar surface area (TPSA) is 111 Å². The third-order valence-corrected chi connectivity index (χ3v) is 4.71. The van der Waals surface area contributed by atoms with Gasteiger partial charge in [-0.2, -0.15) is 0 Å². The highest BCUT2D eigenvalue weighted by Gasteiger charge is 2.13. The second-order valence-electron chi connectivity index (χ2n) is 5.60. The number of benzene rings is 2. The molecule has 144 valence electrons. The SMILES string of the molecule is COc1ccc(C(=O)NCC(=O)Nc2cccc(S(C)(=O)=O)c2)cc1OC. The Labute approximate surface area is 157 Å². The zero-order valence-electron chi connectivity index (χ0n) is 15.1. The maximum Gasteiger partial charge on any atom is 0.251 e. The van der Waals surface area contributed by atoms with E-state index in [0.717, 1.165) is 6.26 Å². The van der Waals surface area contributed by atoms with Gasteiger partial charge in [0.15, 0.2) is 21.3 Å². The predicted molar refractivity (Wildman–Crippen MR) is 100 cm³/mol. The molecule has 0 atom stereocenters. The van der Waals surface area contributed by atoms with Crippen molar-refractivity contribution in [1.82, 2.24) is 5.32 Å². The number of carbonyl (C=O) groups is 2. The van der Waals surface area contributed by atoms with E-state index >= 15 is 0 Å². The van der Waals surface area contributed by atoms with Crippen LogP contribution in [0.5, 0.6) is 11.5 Å². The van der Waals surface area contributed by atoms with Gasteiger partial charge in [0, 0.05) is 17.5 Å². The molecular formula is C18H20N2O6S. The average molecular weight is 392 g/mol. The van der Waals surface area contributed by atoms with E-state index in [2.05, 4.69) is 10.6 Å². The molecule has 0 heterocycles. The molecule has 2 N–H and O–H groups in total. The Morgan fingerprint density at radius 3 is 2.33 bits per heavy atom. The molecule has 0 spiro atoms. The number of nitrogens with one attached hydrogen (secondary N) is 2. The first kappa shape index (κ1) is 20.2. The molecule has 9 heteroatoms. The molecule has 0 unspecified atom stereocenters. The second kappa shape index (κ2) is 8.54. The van der Waals surface area contributed by atoms with Crippen LogP contribution >= 0.6 is 0 Å². The van der Waals surface area contributed by atoms with Gasteiger partial charge >= 0.3 is 0 Å². The minimum absolute atomic E-state index is 0.0923. The fraction of sp³-hybridized carbons (Fsp3) is 0.222. The first-order valence-corrected chi connectivity index (χ1v) is 9.74. The van der Waals surface area contributed by atoms with Crippen molar-refractivity contribution in [3.63, 3.8) is 0 Å². The first-order valence-electron chi connectivity index (χ1n) is 7.85. The lowest BCUT2D eigenvalue weighted by atomic mass is 10.2. The molecule has 2 aromatic carbocycles. The number of anilines is 1. The zero-order valence-corrected chi connectivity index (χ0v) is 15.9. The highest BCUT2D eigenvalue weighted by Crippen LogP contribution is 2.27. The van der Waals surface area contributed by atoms with E-state index in [1.54, 1.807) is 18.2 Å². The average Bonchev–Trinajstić information content (AvgIpc) is 2.65. The van der Waals surface area contributed by atoms with Crippen LogP contribution in [0.4, 0.5) is 5.69 Å². The smallest absolute Gasteiger partial charge is 0.251 e. The van der Waals surface area contributed by atoms with Gasteiger partial charge in [0.1, 0.15) is 0 Å². The molecule has 27 heavy (non-hydrogen) atoms. The van der Waals surface area contributed by atoms with Gasteiger partial charge in [0.05, 0.1) is 25.7 Å². The number of methoxy groups -OCH3 is 2. The van der Waals surface area contributed by atoms with E-state index in [0.29, 0.717) is 22.7 Å². The molecule has 2 aromatic rings. The van der Waals surface area contributed by atoms with Gasteiger partial charge in [-0.1, -0.05) is 6.07 Å². The number of rotatable bonds is 7. The first-order chi connectivity index (χ1) is 12.7. The van der Waals surface area contributed by atoms with Crippen LogP contribution in [-0.2, 0) is 14.6 Å². The van der Waals surface area contributed by atoms with Crippen LogP contribution in [0.15, 0.2) is 47.4 Å². The van der Waals surface area contributed by atoms with Gasteiger partial charge in [-0.15, -0.1) is 0 Å². The number of sulfone groups is 1. The molecule has 2 rings (SSSR count). The number of ether oxygens (including phenoxy) is 2. The van der Waals surface area contributed by atoms with Crippen molar-refractivity contribution in [2.24, 2.45) is 0 Å². The van der Waals surface area contributed by atoms with Gasteiger partial charge in [0.2, 0.25) is 5.91 Å². The predicted octanol–water partition coefficient (Wildman–Crippen LogP) is 1.48. The van der Waals surface area contributed by atoms with Crippen LogP contribution in [0.25, 0.3) is 0 Å². The van der Waals surface area contributed by atoms with Crippen molar-refractivity contribution in [1.29, 1.82) is 0 Å². The normalized spacial score (nSPS) is 10.8. The molecule has 0 aliphatic heterocycles. The molecule has 8 nitrogen and oxygen atoms in total. The lowest BCUT2D eigenvalue weighted by Gasteiger charge is -2.10. The Bertz CT molecular complexity index is 956. The molecule has 0 aromatic heterocycles. The third kappa shape index (κ3) is 5.45. The fourth-order valence-corrected chi connectivity index (χ4v) is 2.92. The standard InChI is InChI=1S/C18H20N2O6S/c1-25-15-8-7-12(9-16(15)26-2)18(22)19-11-17(21)20-13-5-4-6-14(10-13)27(3,23)24/h4-10H,11H2,1-3H3,(H,19,22)(H,20,21). The summed E-state index contributed by atoms with van der Waals surface area (Å²) in [4.78, 5) is 24.3. The maximum absolute atomic E-state index is 12.2. The van der Waals surface area contributed by atoms with Gasteiger partial charge in [0.25, 0.3) is 5.91 Å². The van der Waals surface area contributed by atoms with Crippen molar-refractivity contribution in [2.45, 2.75) is 4.90 Å². The van der Waals surface area contributed by atoms with E-state index in [1.165, 1.54) is 38.5 Å². The quantitative estimate of drug-likeness (QED) is 0.738. The molecule has 0 saturated heterocycles. The van der Waals surface area contributed by atoms with Gasteiger partial charge < -0.3 is 20.1 Å². The van der Waals surface area contributed by atoms with E-state index in [9.17, 15) is 18.0 Å². The number of hydrogen-bond donors (Lipinski definition) is 2. The minimum Gasteiger partial charge on any atom is -0.493 e. The minimum atomic E-state index is -3.38. The summed E-state index contributed by atoms with van der Waals surface area (Å²) in [5.74, 6) is -0.0739. The van der Waals surface area contributed by atoms with Gasteiger partial charge in [-0.05, 0) is 36.4 Å². The fourth-order valence-electron chi connectivity index (χ4n) is 2.25. The Morgan fingerprint density at radius 1 is 1.00 bits per heavy atom. The number of hydrogen-bond acceptors (Lipinski definition) is 6. The second-order valence-corrected chi connectivity index (χ2v) is 7.62. The number of carbonyl (C=O) groups excluding carboxylic acids is 2.